The van der Waals surface area contributed by atoms with Gasteiger partial charge in [0.25, 0.3) is 0 Å². The Balaban J connectivity index is 1.71. The molecule has 0 saturated carbocycles. The Morgan fingerprint density at radius 3 is 2.25 bits per heavy atom. The molecular formula is C20H24F2N2O3S. The molecule has 0 aliphatic carbocycles. The minimum atomic E-state index is -3.58. The van der Waals surface area contributed by atoms with Gasteiger partial charge >= 0.3 is 0 Å². The second kappa shape index (κ2) is 8.55. The van der Waals surface area contributed by atoms with Gasteiger partial charge in [-0.3, -0.25) is 4.90 Å². The highest BCUT2D eigenvalue weighted by Crippen LogP contribution is 2.23. The van der Waals surface area contributed by atoms with Crippen LogP contribution in [0, 0.1) is 18.6 Å². The van der Waals surface area contributed by atoms with Crippen LogP contribution in [0.3, 0.4) is 0 Å². The summed E-state index contributed by atoms with van der Waals surface area (Å²) in [5.41, 5.74) is 0.958. The van der Waals surface area contributed by atoms with Crippen LogP contribution in [0.25, 0.3) is 0 Å². The molecule has 0 bridgehead atoms. The fraction of sp³-hybridized carbons (Fsp3) is 0.400. The van der Waals surface area contributed by atoms with Crippen molar-refractivity contribution in [2.75, 3.05) is 33.3 Å². The molecule has 0 unspecified atom stereocenters. The topological polar surface area (TPSA) is 49.9 Å². The zero-order valence-electron chi connectivity index (χ0n) is 16.0. The number of benzene rings is 2. The van der Waals surface area contributed by atoms with Gasteiger partial charge in [-0.2, -0.15) is 4.31 Å². The van der Waals surface area contributed by atoms with Gasteiger partial charge in [0.05, 0.1) is 12.0 Å². The van der Waals surface area contributed by atoms with E-state index < -0.39 is 21.7 Å². The molecule has 1 aliphatic heterocycles. The summed E-state index contributed by atoms with van der Waals surface area (Å²) in [4.78, 5) is 2.14. The van der Waals surface area contributed by atoms with Crippen molar-refractivity contribution in [3.63, 3.8) is 0 Å². The molecule has 1 fully saturated rings. The minimum Gasteiger partial charge on any atom is -0.497 e. The first kappa shape index (κ1) is 20.7. The van der Waals surface area contributed by atoms with Crippen LogP contribution in [0.4, 0.5) is 8.78 Å². The van der Waals surface area contributed by atoms with Crippen LogP contribution >= 0.6 is 0 Å². The second-order valence-corrected chi connectivity index (χ2v) is 8.85. The normalized spacial score (nSPS) is 16.7. The summed E-state index contributed by atoms with van der Waals surface area (Å²) in [5, 5.41) is 0. The molecule has 1 aliphatic rings. The molecule has 0 radical (unpaired) electrons. The van der Waals surface area contributed by atoms with E-state index in [1.54, 1.807) is 24.3 Å². The van der Waals surface area contributed by atoms with Gasteiger partial charge in [0.2, 0.25) is 10.0 Å². The average Bonchev–Trinajstić information content (AvgIpc) is 2.91. The van der Waals surface area contributed by atoms with Gasteiger partial charge in [0.1, 0.15) is 17.4 Å². The van der Waals surface area contributed by atoms with E-state index in [1.807, 2.05) is 11.8 Å². The van der Waals surface area contributed by atoms with Crippen LogP contribution in [0.2, 0.25) is 0 Å². The number of aryl methyl sites for hydroxylation is 1. The smallest absolute Gasteiger partial charge is 0.243 e. The lowest BCUT2D eigenvalue weighted by atomic mass is 10.1. The van der Waals surface area contributed by atoms with Crippen LogP contribution in [-0.4, -0.2) is 50.9 Å². The molecule has 1 heterocycles. The Bertz CT molecular complexity index is 910. The highest BCUT2D eigenvalue weighted by Gasteiger charge is 2.27. The lowest BCUT2D eigenvalue weighted by Gasteiger charge is -2.22. The molecule has 0 atom stereocenters. The third kappa shape index (κ3) is 4.51. The van der Waals surface area contributed by atoms with Gasteiger partial charge < -0.3 is 4.74 Å². The molecule has 2 aromatic carbocycles. The SMILES string of the molecule is COc1cc(F)c(CN2CCCN(S(=O)(=O)c3ccc(C)cc3)CC2)c(F)c1. The number of nitrogens with zero attached hydrogens (tertiary/aromatic N) is 2. The molecule has 0 aromatic heterocycles. The maximum Gasteiger partial charge on any atom is 0.243 e. The van der Waals surface area contributed by atoms with E-state index in [0.717, 1.165) is 17.7 Å². The minimum absolute atomic E-state index is 0.0318. The van der Waals surface area contributed by atoms with Crippen molar-refractivity contribution in [3.05, 3.63) is 59.2 Å². The number of ether oxygens (including phenoxy) is 1. The lowest BCUT2D eigenvalue weighted by molar-refractivity contribution is 0.269. The van der Waals surface area contributed by atoms with Crippen LogP contribution in [-0.2, 0) is 16.6 Å². The van der Waals surface area contributed by atoms with Crippen molar-refractivity contribution in [2.45, 2.75) is 24.8 Å². The number of hydrogen-bond donors (Lipinski definition) is 0. The molecule has 28 heavy (non-hydrogen) atoms. The number of rotatable bonds is 5. The van der Waals surface area contributed by atoms with Gasteiger partial charge in [-0.1, -0.05) is 17.7 Å². The van der Waals surface area contributed by atoms with E-state index in [2.05, 4.69) is 0 Å². The fourth-order valence-corrected chi connectivity index (χ4v) is 4.75. The summed E-state index contributed by atoms with van der Waals surface area (Å²) in [6.45, 7) is 3.59. The summed E-state index contributed by atoms with van der Waals surface area (Å²) in [7, 11) is -2.23. The van der Waals surface area contributed by atoms with E-state index in [4.69, 9.17) is 4.74 Å². The summed E-state index contributed by atoms with van der Waals surface area (Å²) in [6, 6.07) is 9.07. The molecule has 1 saturated heterocycles. The first-order chi connectivity index (χ1) is 13.3. The van der Waals surface area contributed by atoms with E-state index in [0.29, 0.717) is 26.1 Å². The van der Waals surface area contributed by atoms with E-state index >= 15 is 0 Å². The molecule has 0 spiro atoms. The van der Waals surface area contributed by atoms with Crippen molar-refractivity contribution < 1.29 is 21.9 Å². The van der Waals surface area contributed by atoms with Gasteiger partial charge in [0.15, 0.2) is 0 Å². The molecule has 0 N–H and O–H groups in total. The Hall–Kier alpha value is -2.03. The maximum absolute atomic E-state index is 14.2. The quantitative estimate of drug-likeness (QED) is 0.760. The molecule has 3 rings (SSSR count). The number of sulfonamides is 1. The Morgan fingerprint density at radius 2 is 1.64 bits per heavy atom. The van der Waals surface area contributed by atoms with Gasteiger partial charge in [0, 0.05) is 43.9 Å². The fourth-order valence-electron chi connectivity index (χ4n) is 3.28. The van der Waals surface area contributed by atoms with Crippen molar-refractivity contribution in [1.82, 2.24) is 9.21 Å². The zero-order valence-corrected chi connectivity index (χ0v) is 16.8. The summed E-state index contributed by atoms with van der Waals surface area (Å²) < 4.78 is 60.5. The molecule has 2 aromatic rings. The standard InChI is InChI=1S/C20H24F2N2O3S/c1-15-4-6-17(7-5-15)28(25,26)24-9-3-8-23(10-11-24)14-18-19(21)12-16(27-2)13-20(18)22/h4-7,12-13H,3,8-11,14H2,1-2H3. The van der Waals surface area contributed by atoms with Crippen LogP contribution in [0.1, 0.15) is 17.5 Å². The van der Waals surface area contributed by atoms with E-state index in [9.17, 15) is 17.2 Å². The van der Waals surface area contributed by atoms with Gasteiger partial charge in [-0.25, -0.2) is 17.2 Å². The van der Waals surface area contributed by atoms with Crippen LogP contribution in [0.15, 0.2) is 41.3 Å². The second-order valence-electron chi connectivity index (χ2n) is 6.92. The Kier molecular flexibility index (Phi) is 6.32. The third-order valence-corrected chi connectivity index (χ3v) is 6.85. The molecule has 0 amide bonds. The third-order valence-electron chi connectivity index (χ3n) is 4.94. The first-order valence-electron chi connectivity index (χ1n) is 9.12. The highest BCUT2D eigenvalue weighted by molar-refractivity contribution is 7.89. The van der Waals surface area contributed by atoms with Gasteiger partial charge in [-0.15, -0.1) is 0 Å². The molecule has 8 heteroatoms. The number of hydrogen-bond acceptors (Lipinski definition) is 4. The number of methoxy groups -OCH3 is 1. The van der Waals surface area contributed by atoms with E-state index in [1.165, 1.54) is 11.4 Å². The van der Waals surface area contributed by atoms with Crippen molar-refractivity contribution in [1.29, 1.82) is 0 Å². The first-order valence-corrected chi connectivity index (χ1v) is 10.6. The predicted molar refractivity (Wildman–Crippen MR) is 103 cm³/mol. The summed E-state index contributed by atoms with van der Waals surface area (Å²) in [6.07, 6.45) is 0.588. The van der Waals surface area contributed by atoms with Crippen molar-refractivity contribution in [3.8, 4) is 5.75 Å². The highest BCUT2D eigenvalue weighted by atomic mass is 32.2. The van der Waals surface area contributed by atoms with Crippen LogP contribution < -0.4 is 4.74 Å². The Morgan fingerprint density at radius 1 is 1.00 bits per heavy atom. The summed E-state index contributed by atoms with van der Waals surface area (Å²) in [5.74, 6) is -1.19. The maximum atomic E-state index is 14.2. The molecule has 152 valence electrons. The monoisotopic (exact) mass is 410 g/mol. The Labute approximate surface area is 164 Å². The molecule has 5 nitrogen and oxygen atoms in total. The lowest BCUT2D eigenvalue weighted by Crippen LogP contribution is -2.35. The zero-order chi connectivity index (χ0) is 20.3. The average molecular weight is 410 g/mol. The number of halogens is 2. The molecular weight excluding hydrogens is 386 g/mol. The predicted octanol–water partition coefficient (Wildman–Crippen LogP) is 3.18. The van der Waals surface area contributed by atoms with Crippen molar-refractivity contribution >= 4 is 10.0 Å². The van der Waals surface area contributed by atoms with E-state index in [-0.39, 0.29) is 29.3 Å². The van der Waals surface area contributed by atoms with Crippen molar-refractivity contribution in [2.24, 2.45) is 0 Å². The summed E-state index contributed by atoms with van der Waals surface area (Å²) >= 11 is 0. The van der Waals surface area contributed by atoms with Gasteiger partial charge in [-0.05, 0) is 32.0 Å². The van der Waals surface area contributed by atoms with Crippen LogP contribution in [0.5, 0.6) is 5.75 Å². The largest absolute Gasteiger partial charge is 0.497 e.